The van der Waals surface area contributed by atoms with Crippen LogP contribution in [-0.4, -0.2) is 36.8 Å². The molecule has 0 aliphatic rings. The van der Waals surface area contributed by atoms with Crippen LogP contribution < -0.4 is 14.8 Å². The fraction of sp³-hybridized carbons (Fsp3) is 0.316. The third-order valence-electron chi connectivity index (χ3n) is 4.13. The Morgan fingerprint density at radius 1 is 1.22 bits per heavy atom. The van der Waals surface area contributed by atoms with Gasteiger partial charge in [0.05, 0.1) is 26.2 Å². The summed E-state index contributed by atoms with van der Waals surface area (Å²) in [6.07, 6.45) is 1.49. The topological polar surface area (TPSA) is 82.6 Å². The molecule has 142 valence electrons. The number of carbonyl (C=O) groups excluding carboxylic acids is 1. The summed E-state index contributed by atoms with van der Waals surface area (Å²) < 4.78 is 15.8. The molecule has 0 atom stereocenters. The molecule has 2 heterocycles. The van der Waals surface area contributed by atoms with Crippen molar-refractivity contribution in [3.05, 3.63) is 40.5 Å². The van der Waals surface area contributed by atoms with E-state index in [1.807, 2.05) is 25.1 Å². The third kappa shape index (κ3) is 3.80. The van der Waals surface area contributed by atoms with Gasteiger partial charge in [-0.1, -0.05) is 0 Å². The van der Waals surface area contributed by atoms with Crippen molar-refractivity contribution in [1.82, 2.24) is 9.97 Å². The number of hydrogen-bond donors (Lipinski definition) is 1. The van der Waals surface area contributed by atoms with E-state index in [1.165, 1.54) is 17.7 Å². The molecule has 0 saturated carbocycles. The van der Waals surface area contributed by atoms with Gasteiger partial charge in [-0.2, -0.15) is 0 Å². The van der Waals surface area contributed by atoms with Crippen molar-refractivity contribution in [1.29, 1.82) is 0 Å². The molecule has 0 fully saturated rings. The van der Waals surface area contributed by atoms with E-state index < -0.39 is 0 Å². The minimum Gasteiger partial charge on any atom is -0.497 e. The molecule has 3 rings (SSSR count). The van der Waals surface area contributed by atoms with E-state index in [0.717, 1.165) is 32.8 Å². The maximum Gasteiger partial charge on any atom is 0.348 e. The second kappa shape index (κ2) is 8.22. The van der Waals surface area contributed by atoms with Crippen molar-refractivity contribution in [3.63, 3.8) is 0 Å². The van der Waals surface area contributed by atoms with E-state index in [2.05, 4.69) is 15.3 Å². The van der Waals surface area contributed by atoms with Gasteiger partial charge in [-0.05, 0) is 31.5 Å². The number of carbonyl (C=O) groups is 1. The second-order valence-corrected chi connectivity index (χ2v) is 6.71. The molecule has 8 heteroatoms. The average Bonchev–Trinajstić information content (AvgIpc) is 3.03. The van der Waals surface area contributed by atoms with Gasteiger partial charge in [-0.15, -0.1) is 11.3 Å². The number of thiophene rings is 1. The van der Waals surface area contributed by atoms with Crippen LogP contribution in [0.5, 0.6) is 11.5 Å². The first-order valence-corrected chi connectivity index (χ1v) is 9.26. The van der Waals surface area contributed by atoms with E-state index in [4.69, 9.17) is 14.2 Å². The van der Waals surface area contributed by atoms with E-state index in [9.17, 15) is 4.79 Å². The maximum atomic E-state index is 12.2. The molecule has 7 nitrogen and oxygen atoms in total. The van der Waals surface area contributed by atoms with Gasteiger partial charge in [0.1, 0.15) is 33.4 Å². The molecular formula is C19H21N3O4S. The highest BCUT2D eigenvalue weighted by atomic mass is 32.1. The number of aromatic nitrogens is 2. The molecule has 2 aromatic heterocycles. The highest BCUT2D eigenvalue weighted by molar-refractivity contribution is 7.20. The van der Waals surface area contributed by atoms with E-state index in [1.54, 1.807) is 21.1 Å². The molecule has 0 unspecified atom stereocenters. The van der Waals surface area contributed by atoms with E-state index >= 15 is 0 Å². The number of rotatable bonds is 7. The second-order valence-electron chi connectivity index (χ2n) is 5.71. The molecule has 0 amide bonds. The lowest BCUT2D eigenvalue weighted by molar-refractivity contribution is 0.0531. The number of benzene rings is 1. The largest absolute Gasteiger partial charge is 0.497 e. The number of aryl methyl sites for hydroxylation is 1. The quantitative estimate of drug-likeness (QED) is 0.617. The monoisotopic (exact) mass is 387 g/mol. The zero-order chi connectivity index (χ0) is 19.4. The summed E-state index contributed by atoms with van der Waals surface area (Å²) in [5.74, 6) is 1.79. The van der Waals surface area contributed by atoms with Crippen molar-refractivity contribution < 1.29 is 19.0 Å². The van der Waals surface area contributed by atoms with Gasteiger partial charge in [0.15, 0.2) is 0 Å². The van der Waals surface area contributed by atoms with E-state index in [-0.39, 0.29) is 5.97 Å². The van der Waals surface area contributed by atoms with Gasteiger partial charge in [0.2, 0.25) is 0 Å². The summed E-state index contributed by atoms with van der Waals surface area (Å²) in [5, 5.41) is 4.16. The minimum atomic E-state index is -0.333. The zero-order valence-electron chi connectivity index (χ0n) is 15.7. The van der Waals surface area contributed by atoms with Crippen LogP contribution in [0, 0.1) is 6.92 Å². The van der Waals surface area contributed by atoms with Crippen LogP contribution in [0.4, 0.5) is 5.82 Å². The first-order chi connectivity index (χ1) is 13.1. The lowest BCUT2D eigenvalue weighted by Crippen LogP contribution is -2.05. The average molecular weight is 387 g/mol. The molecule has 3 aromatic rings. The molecule has 0 aliphatic carbocycles. The van der Waals surface area contributed by atoms with Crippen LogP contribution in [0.25, 0.3) is 10.2 Å². The lowest BCUT2D eigenvalue weighted by atomic mass is 10.1. The van der Waals surface area contributed by atoms with Crippen LogP contribution in [-0.2, 0) is 11.3 Å². The molecule has 0 aliphatic heterocycles. The van der Waals surface area contributed by atoms with Crippen molar-refractivity contribution in [2.24, 2.45) is 0 Å². The predicted molar refractivity (Wildman–Crippen MR) is 105 cm³/mol. The summed E-state index contributed by atoms with van der Waals surface area (Å²) in [4.78, 5) is 22.1. The van der Waals surface area contributed by atoms with Crippen molar-refractivity contribution in [2.75, 3.05) is 26.1 Å². The molecule has 0 spiro atoms. The van der Waals surface area contributed by atoms with Crippen LogP contribution in [0.3, 0.4) is 0 Å². The normalized spacial score (nSPS) is 10.7. The van der Waals surface area contributed by atoms with Crippen LogP contribution in [0.2, 0.25) is 0 Å². The molecule has 0 radical (unpaired) electrons. The van der Waals surface area contributed by atoms with Crippen molar-refractivity contribution in [2.45, 2.75) is 20.4 Å². The number of nitrogens with one attached hydrogen (secondary N) is 1. The molecule has 27 heavy (non-hydrogen) atoms. The number of fused-ring (bicyclic) bond motifs is 1. The molecular weight excluding hydrogens is 366 g/mol. The SMILES string of the molecule is CCOC(=O)c1sc2ncnc(NCc3ccc(OC)cc3OC)c2c1C. The first-order valence-electron chi connectivity index (χ1n) is 8.45. The Balaban J connectivity index is 1.91. The fourth-order valence-corrected chi connectivity index (χ4v) is 3.82. The molecule has 0 saturated heterocycles. The van der Waals surface area contributed by atoms with Crippen LogP contribution in [0.15, 0.2) is 24.5 Å². The number of methoxy groups -OCH3 is 2. The van der Waals surface area contributed by atoms with Gasteiger partial charge in [0.25, 0.3) is 0 Å². The number of hydrogen-bond acceptors (Lipinski definition) is 8. The van der Waals surface area contributed by atoms with Gasteiger partial charge in [0, 0.05) is 18.2 Å². The van der Waals surface area contributed by atoms with Gasteiger partial charge in [-0.3, -0.25) is 0 Å². The summed E-state index contributed by atoms with van der Waals surface area (Å²) in [6, 6.07) is 5.65. The van der Waals surface area contributed by atoms with Gasteiger partial charge >= 0.3 is 5.97 Å². The van der Waals surface area contributed by atoms with Gasteiger partial charge in [-0.25, -0.2) is 14.8 Å². The highest BCUT2D eigenvalue weighted by Gasteiger charge is 2.20. The summed E-state index contributed by atoms with van der Waals surface area (Å²) in [6.45, 7) is 4.51. The Labute approximate surface area is 161 Å². The lowest BCUT2D eigenvalue weighted by Gasteiger charge is -2.12. The maximum absolute atomic E-state index is 12.2. The van der Waals surface area contributed by atoms with Gasteiger partial charge < -0.3 is 19.5 Å². The zero-order valence-corrected chi connectivity index (χ0v) is 16.5. The Bertz CT molecular complexity index is 971. The Hall–Kier alpha value is -2.87. The Morgan fingerprint density at radius 2 is 2.04 bits per heavy atom. The smallest absolute Gasteiger partial charge is 0.348 e. The predicted octanol–water partition coefficient (Wildman–Crippen LogP) is 3.81. The number of ether oxygens (including phenoxy) is 3. The number of esters is 1. The molecule has 1 N–H and O–H groups in total. The third-order valence-corrected chi connectivity index (χ3v) is 5.31. The number of nitrogens with zero attached hydrogens (tertiary/aromatic N) is 2. The fourth-order valence-electron chi connectivity index (χ4n) is 2.77. The summed E-state index contributed by atoms with van der Waals surface area (Å²) >= 11 is 1.31. The Kier molecular flexibility index (Phi) is 5.75. The Morgan fingerprint density at radius 3 is 2.74 bits per heavy atom. The van der Waals surface area contributed by atoms with E-state index in [0.29, 0.717) is 23.8 Å². The first kappa shape index (κ1) is 18.9. The molecule has 0 bridgehead atoms. The number of anilines is 1. The standard InChI is InChI=1S/C19H21N3O4S/c1-5-26-19(23)16-11(2)15-17(21-10-22-18(15)27-16)20-9-12-6-7-13(24-3)8-14(12)25-4/h6-8,10H,5,9H2,1-4H3,(H,20,21,22). The molecule has 1 aromatic carbocycles. The summed E-state index contributed by atoms with van der Waals surface area (Å²) in [5.41, 5.74) is 1.78. The highest BCUT2D eigenvalue weighted by Crippen LogP contribution is 2.34. The van der Waals surface area contributed by atoms with Crippen LogP contribution >= 0.6 is 11.3 Å². The minimum absolute atomic E-state index is 0.333. The summed E-state index contributed by atoms with van der Waals surface area (Å²) in [7, 11) is 3.24. The van der Waals surface area contributed by atoms with Crippen LogP contribution in [0.1, 0.15) is 27.7 Å². The van der Waals surface area contributed by atoms with Crippen molar-refractivity contribution >= 4 is 33.3 Å². The van der Waals surface area contributed by atoms with Crippen molar-refractivity contribution in [3.8, 4) is 11.5 Å².